The van der Waals surface area contributed by atoms with Gasteiger partial charge in [-0.1, -0.05) is 30.3 Å². The molecule has 1 heterocycles. The lowest BCUT2D eigenvalue weighted by atomic mass is 10.2. The summed E-state index contributed by atoms with van der Waals surface area (Å²) in [5.74, 6) is 0.715. The maximum Gasteiger partial charge on any atom is 0.269 e. The van der Waals surface area contributed by atoms with E-state index in [0.717, 1.165) is 5.56 Å². The molecule has 2 aromatic rings. The van der Waals surface area contributed by atoms with E-state index >= 15 is 0 Å². The van der Waals surface area contributed by atoms with Crippen molar-refractivity contribution in [1.29, 1.82) is 0 Å². The molecule has 0 saturated carbocycles. The molecule has 126 valence electrons. The standard InChI is InChI=1S/C15H17BrN2O3S.H2S/c1-15(2,3)22(19)17-9-12-13(16)14(18-21-12)20-10-11-7-5-4-6-8-11;/h4-9H,10H2,1-3H3;1H2/t22-;/m0./s1. The van der Waals surface area contributed by atoms with Gasteiger partial charge in [-0.05, 0) is 47.4 Å². The van der Waals surface area contributed by atoms with E-state index in [4.69, 9.17) is 9.26 Å². The van der Waals surface area contributed by atoms with Gasteiger partial charge in [0, 0.05) is 0 Å². The quantitative estimate of drug-likeness (QED) is 0.687. The van der Waals surface area contributed by atoms with Gasteiger partial charge in [0.15, 0.2) is 5.76 Å². The number of rotatable bonds is 5. The molecular formula is C15H19BrN2O3S2. The van der Waals surface area contributed by atoms with Gasteiger partial charge < -0.3 is 9.26 Å². The Bertz CT molecular complexity index is 682. The average molecular weight is 419 g/mol. The van der Waals surface area contributed by atoms with Crippen LogP contribution in [0, 0.1) is 0 Å². The molecule has 23 heavy (non-hydrogen) atoms. The zero-order valence-electron chi connectivity index (χ0n) is 13.1. The van der Waals surface area contributed by atoms with Crippen molar-refractivity contribution in [2.75, 3.05) is 0 Å². The van der Waals surface area contributed by atoms with Gasteiger partial charge in [-0.3, -0.25) is 0 Å². The largest absolute Gasteiger partial charge is 0.470 e. The molecule has 0 fully saturated rings. The third-order valence-electron chi connectivity index (χ3n) is 2.64. The second-order valence-electron chi connectivity index (χ2n) is 5.54. The van der Waals surface area contributed by atoms with Gasteiger partial charge in [-0.2, -0.15) is 17.9 Å². The Labute approximate surface area is 153 Å². The Balaban J connectivity index is 0.00000264. The lowest BCUT2D eigenvalue weighted by Crippen LogP contribution is -2.19. The number of hydrogen-bond donors (Lipinski definition) is 0. The second-order valence-corrected chi connectivity index (χ2v) is 8.26. The third kappa shape index (κ3) is 5.78. The van der Waals surface area contributed by atoms with Gasteiger partial charge in [0.2, 0.25) is 0 Å². The maximum atomic E-state index is 11.9. The van der Waals surface area contributed by atoms with Gasteiger partial charge in [0.05, 0.1) is 11.0 Å². The summed E-state index contributed by atoms with van der Waals surface area (Å²) in [7, 11) is -1.35. The van der Waals surface area contributed by atoms with Gasteiger partial charge >= 0.3 is 0 Å². The van der Waals surface area contributed by atoms with E-state index in [1.807, 2.05) is 51.1 Å². The van der Waals surface area contributed by atoms with E-state index in [1.54, 1.807) is 0 Å². The molecule has 1 atom stereocenters. The van der Waals surface area contributed by atoms with Gasteiger partial charge in [-0.15, -0.1) is 0 Å². The summed E-state index contributed by atoms with van der Waals surface area (Å²) >= 11 is 3.35. The topological polar surface area (TPSA) is 64.7 Å². The Morgan fingerprint density at radius 2 is 2.00 bits per heavy atom. The molecule has 0 amide bonds. The van der Waals surface area contributed by atoms with E-state index in [0.29, 0.717) is 22.7 Å². The molecule has 0 aliphatic heterocycles. The van der Waals surface area contributed by atoms with Crippen molar-refractivity contribution < 1.29 is 13.5 Å². The Hall–Kier alpha value is -1.12. The zero-order chi connectivity index (χ0) is 16.2. The lowest BCUT2D eigenvalue weighted by Gasteiger charge is -2.12. The maximum absolute atomic E-state index is 11.9. The van der Waals surface area contributed by atoms with Crippen LogP contribution >= 0.6 is 29.4 Å². The monoisotopic (exact) mass is 418 g/mol. The highest BCUT2D eigenvalue weighted by Crippen LogP contribution is 2.27. The van der Waals surface area contributed by atoms with E-state index < -0.39 is 15.7 Å². The van der Waals surface area contributed by atoms with Gasteiger partial charge in [0.25, 0.3) is 5.88 Å². The number of halogens is 1. The van der Waals surface area contributed by atoms with E-state index in [2.05, 4.69) is 25.5 Å². The van der Waals surface area contributed by atoms with E-state index in [1.165, 1.54) is 6.21 Å². The molecule has 0 bridgehead atoms. The Kier molecular flexibility index (Phi) is 7.50. The molecule has 5 nitrogen and oxygen atoms in total. The first-order valence-corrected chi connectivity index (χ1v) is 8.56. The highest BCUT2D eigenvalue weighted by atomic mass is 79.9. The van der Waals surface area contributed by atoms with Crippen LogP contribution < -0.4 is 4.74 Å². The van der Waals surface area contributed by atoms with Crippen molar-refractivity contribution >= 4 is 46.6 Å². The summed E-state index contributed by atoms with van der Waals surface area (Å²) < 4.78 is 26.7. The number of aromatic nitrogens is 1. The highest BCUT2D eigenvalue weighted by Gasteiger charge is 2.19. The normalized spacial score (nSPS) is 12.9. The van der Waals surface area contributed by atoms with Crippen molar-refractivity contribution in [2.24, 2.45) is 4.40 Å². The fourth-order valence-corrected chi connectivity index (χ4v) is 2.30. The van der Waals surface area contributed by atoms with E-state index in [-0.39, 0.29) is 13.5 Å². The molecule has 0 aliphatic rings. The molecule has 0 N–H and O–H groups in total. The summed E-state index contributed by atoms with van der Waals surface area (Å²) in [4.78, 5) is 0. The number of nitrogens with zero attached hydrogens (tertiary/aromatic N) is 2. The van der Waals surface area contributed by atoms with Crippen LogP contribution in [0.2, 0.25) is 0 Å². The van der Waals surface area contributed by atoms with Crippen LogP contribution in [0.25, 0.3) is 0 Å². The van der Waals surface area contributed by atoms with Crippen molar-refractivity contribution in [3.05, 3.63) is 46.1 Å². The molecule has 0 spiro atoms. The summed E-state index contributed by atoms with van der Waals surface area (Å²) in [6.07, 6.45) is 1.40. The molecule has 8 heteroatoms. The highest BCUT2D eigenvalue weighted by molar-refractivity contribution is 9.10. The number of benzene rings is 1. The van der Waals surface area contributed by atoms with Crippen LogP contribution in [-0.2, 0) is 17.6 Å². The van der Waals surface area contributed by atoms with Crippen molar-refractivity contribution in [3.63, 3.8) is 0 Å². The minimum absolute atomic E-state index is 0. The lowest BCUT2D eigenvalue weighted by molar-refractivity contribution is 0.268. The van der Waals surface area contributed by atoms with Gasteiger partial charge in [0.1, 0.15) is 22.1 Å². The molecule has 0 aliphatic carbocycles. The third-order valence-corrected chi connectivity index (χ3v) is 4.71. The zero-order valence-corrected chi connectivity index (χ0v) is 16.5. The minimum Gasteiger partial charge on any atom is -0.470 e. The van der Waals surface area contributed by atoms with Crippen molar-refractivity contribution in [2.45, 2.75) is 32.1 Å². The molecule has 0 radical (unpaired) electrons. The minimum atomic E-state index is -1.35. The van der Waals surface area contributed by atoms with E-state index in [9.17, 15) is 4.21 Å². The van der Waals surface area contributed by atoms with Crippen molar-refractivity contribution in [3.8, 4) is 5.88 Å². The first-order chi connectivity index (χ1) is 10.4. The van der Waals surface area contributed by atoms with Crippen LogP contribution in [0.1, 0.15) is 32.1 Å². The van der Waals surface area contributed by atoms with Crippen LogP contribution in [0.15, 0.2) is 43.7 Å². The molecule has 0 saturated heterocycles. The Morgan fingerprint density at radius 3 is 2.61 bits per heavy atom. The molecule has 2 rings (SSSR count). The predicted octanol–water partition coefficient (Wildman–Crippen LogP) is 4.01. The summed E-state index contributed by atoms with van der Waals surface area (Å²) in [5, 5.41) is 3.84. The Morgan fingerprint density at radius 1 is 1.35 bits per heavy atom. The smallest absolute Gasteiger partial charge is 0.269 e. The first-order valence-electron chi connectivity index (χ1n) is 6.66. The SMILES string of the molecule is CC(C)(C)[S@](=O)N=Cc1onc(OCc2ccccc2)c1Br.S. The van der Waals surface area contributed by atoms with Crippen LogP contribution in [-0.4, -0.2) is 20.3 Å². The van der Waals surface area contributed by atoms with Crippen LogP contribution in [0.5, 0.6) is 5.88 Å². The van der Waals surface area contributed by atoms with Gasteiger partial charge in [-0.25, -0.2) is 4.21 Å². The predicted molar refractivity (Wildman–Crippen MR) is 101 cm³/mol. The number of hydrogen-bond acceptors (Lipinski definition) is 4. The number of ether oxygens (including phenoxy) is 1. The first kappa shape index (κ1) is 19.9. The second kappa shape index (κ2) is 8.65. The van der Waals surface area contributed by atoms with Crippen LogP contribution in [0.3, 0.4) is 0 Å². The summed E-state index contributed by atoms with van der Waals surface area (Å²) in [6.45, 7) is 5.94. The van der Waals surface area contributed by atoms with Crippen LogP contribution in [0.4, 0.5) is 0 Å². The molecule has 0 unspecified atom stereocenters. The molecular weight excluding hydrogens is 400 g/mol. The average Bonchev–Trinajstić information content (AvgIpc) is 2.83. The summed E-state index contributed by atoms with van der Waals surface area (Å²) in [5.41, 5.74) is 1.03. The fourth-order valence-electron chi connectivity index (χ4n) is 1.43. The van der Waals surface area contributed by atoms with Crippen molar-refractivity contribution in [1.82, 2.24) is 5.16 Å². The molecule has 1 aromatic heterocycles. The molecule has 1 aromatic carbocycles. The fraction of sp³-hybridized carbons (Fsp3) is 0.333. The summed E-state index contributed by atoms with van der Waals surface area (Å²) in [6, 6.07) is 9.75.